The van der Waals surface area contributed by atoms with Crippen molar-refractivity contribution in [2.24, 2.45) is 0 Å². The lowest BCUT2D eigenvalue weighted by atomic mass is 9.64. The van der Waals surface area contributed by atoms with E-state index in [0.717, 1.165) is 24.8 Å². The summed E-state index contributed by atoms with van der Waals surface area (Å²) in [5, 5.41) is 0. The molecule has 1 saturated carbocycles. The Balaban J connectivity index is 2.12. The Hall–Kier alpha value is -2.04. The molecule has 0 saturated heterocycles. The number of rotatable bonds is 2. The van der Waals surface area contributed by atoms with Gasteiger partial charge in [-0.2, -0.15) is 0 Å². The average molecular weight is 247 g/mol. The molecule has 5 heteroatoms. The number of benzene rings is 1. The number of aromatic amines is 1. The van der Waals surface area contributed by atoms with Crippen molar-refractivity contribution >= 4 is 17.1 Å². The molecule has 0 amide bonds. The molecule has 1 N–H and O–H groups in total. The number of hydrogen-bond acceptors (Lipinski definition) is 4. The fourth-order valence-electron chi connectivity index (χ4n) is 2.59. The van der Waals surface area contributed by atoms with Gasteiger partial charge in [0.15, 0.2) is 5.58 Å². The molecular formula is C13H13NO4. The molecule has 0 unspecified atom stereocenters. The Morgan fingerprint density at radius 1 is 1.44 bits per heavy atom. The normalized spacial score (nSPS) is 17.4. The largest absolute Gasteiger partial charge is 0.468 e. The van der Waals surface area contributed by atoms with Crippen LogP contribution in [0, 0.1) is 0 Å². The number of ether oxygens (including phenoxy) is 1. The zero-order chi connectivity index (χ0) is 12.8. The van der Waals surface area contributed by atoms with Gasteiger partial charge < -0.3 is 9.15 Å². The summed E-state index contributed by atoms with van der Waals surface area (Å²) in [6, 6.07) is 5.34. The lowest BCUT2D eigenvalue weighted by Crippen LogP contribution is -2.43. The standard InChI is InChI=1S/C13H13NO4/c1-17-11(15)13(5-2-6-13)8-3-4-10-9(7-8)14-12(16)18-10/h3-4,7H,2,5-6H2,1H3,(H,14,16). The third kappa shape index (κ3) is 1.40. The van der Waals surface area contributed by atoms with Crippen molar-refractivity contribution in [3.8, 4) is 0 Å². The first-order valence-electron chi connectivity index (χ1n) is 5.87. The van der Waals surface area contributed by atoms with Crippen LogP contribution in [0.4, 0.5) is 0 Å². The maximum Gasteiger partial charge on any atom is 0.417 e. The van der Waals surface area contributed by atoms with E-state index in [4.69, 9.17) is 9.15 Å². The Labute approximate surface area is 103 Å². The molecule has 0 bridgehead atoms. The van der Waals surface area contributed by atoms with Crippen LogP contribution in [0.15, 0.2) is 27.4 Å². The second kappa shape index (κ2) is 3.73. The quantitative estimate of drug-likeness (QED) is 0.820. The molecule has 94 valence electrons. The van der Waals surface area contributed by atoms with Crippen LogP contribution >= 0.6 is 0 Å². The van der Waals surface area contributed by atoms with Gasteiger partial charge >= 0.3 is 11.7 Å². The van der Waals surface area contributed by atoms with Crippen molar-refractivity contribution < 1.29 is 13.9 Å². The molecule has 1 fully saturated rings. The number of aromatic nitrogens is 1. The van der Waals surface area contributed by atoms with E-state index < -0.39 is 11.2 Å². The van der Waals surface area contributed by atoms with Crippen LogP contribution in [0.3, 0.4) is 0 Å². The van der Waals surface area contributed by atoms with Gasteiger partial charge in [-0.15, -0.1) is 0 Å². The van der Waals surface area contributed by atoms with E-state index in [1.54, 1.807) is 12.1 Å². The summed E-state index contributed by atoms with van der Waals surface area (Å²) in [4.78, 5) is 25.7. The molecule has 0 aliphatic heterocycles. The van der Waals surface area contributed by atoms with Crippen LogP contribution < -0.4 is 5.76 Å². The van der Waals surface area contributed by atoms with Gasteiger partial charge in [-0.25, -0.2) is 4.79 Å². The van der Waals surface area contributed by atoms with Crippen LogP contribution in [-0.4, -0.2) is 18.1 Å². The van der Waals surface area contributed by atoms with Crippen LogP contribution in [0.5, 0.6) is 0 Å². The second-order valence-corrected chi connectivity index (χ2v) is 4.65. The Kier molecular flexibility index (Phi) is 2.29. The summed E-state index contributed by atoms with van der Waals surface area (Å²) >= 11 is 0. The van der Waals surface area contributed by atoms with Crippen molar-refractivity contribution in [1.29, 1.82) is 0 Å². The molecule has 1 aromatic carbocycles. The lowest BCUT2D eigenvalue weighted by molar-refractivity contribution is -0.151. The molecule has 1 aromatic heterocycles. The molecule has 0 radical (unpaired) electrons. The van der Waals surface area contributed by atoms with Crippen LogP contribution in [-0.2, 0) is 14.9 Å². The van der Waals surface area contributed by atoms with E-state index in [9.17, 15) is 9.59 Å². The highest BCUT2D eigenvalue weighted by molar-refractivity contribution is 5.86. The lowest BCUT2D eigenvalue weighted by Gasteiger charge is -2.39. The fraction of sp³-hybridized carbons (Fsp3) is 0.385. The average Bonchev–Trinajstić information content (AvgIpc) is 2.66. The zero-order valence-corrected chi connectivity index (χ0v) is 9.99. The van der Waals surface area contributed by atoms with Crippen molar-refractivity contribution in [1.82, 2.24) is 4.98 Å². The zero-order valence-electron chi connectivity index (χ0n) is 9.99. The maximum atomic E-state index is 11.9. The minimum Gasteiger partial charge on any atom is -0.468 e. The van der Waals surface area contributed by atoms with Crippen LogP contribution in [0.25, 0.3) is 11.1 Å². The first-order chi connectivity index (χ1) is 8.65. The molecular weight excluding hydrogens is 234 g/mol. The number of oxazole rings is 1. The van der Waals surface area contributed by atoms with Crippen molar-refractivity contribution in [2.75, 3.05) is 7.11 Å². The minimum atomic E-state index is -0.545. The number of esters is 1. The Morgan fingerprint density at radius 3 is 2.83 bits per heavy atom. The molecule has 1 aliphatic carbocycles. The predicted molar refractivity (Wildman–Crippen MR) is 64.4 cm³/mol. The van der Waals surface area contributed by atoms with E-state index in [-0.39, 0.29) is 5.97 Å². The fourth-order valence-corrected chi connectivity index (χ4v) is 2.59. The summed E-state index contributed by atoms with van der Waals surface area (Å²) in [5.74, 6) is -0.693. The summed E-state index contributed by atoms with van der Waals surface area (Å²) in [7, 11) is 1.40. The Bertz CT molecular complexity index is 663. The molecule has 18 heavy (non-hydrogen) atoms. The van der Waals surface area contributed by atoms with Crippen LogP contribution in [0.1, 0.15) is 24.8 Å². The summed E-state index contributed by atoms with van der Waals surface area (Å²) in [6.07, 6.45) is 2.58. The number of fused-ring (bicyclic) bond motifs is 1. The first kappa shape index (κ1) is 11.1. The molecule has 2 aromatic rings. The van der Waals surface area contributed by atoms with E-state index in [0.29, 0.717) is 11.1 Å². The monoisotopic (exact) mass is 247 g/mol. The molecule has 1 heterocycles. The van der Waals surface area contributed by atoms with E-state index in [1.165, 1.54) is 7.11 Å². The number of carbonyl (C=O) groups is 1. The van der Waals surface area contributed by atoms with Gasteiger partial charge in [-0.1, -0.05) is 12.5 Å². The highest BCUT2D eigenvalue weighted by Gasteiger charge is 2.46. The molecule has 5 nitrogen and oxygen atoms in total. The Morgan fingerprint density at radius 2 is 2.22 bits per heavy atom. The maximum absolute atomic E-state index is 11.9. The first-order valence-corrected chi connectivity index (χ1v) is 5.87. The molecule has 0 spiro atoms. The predicted octanol–water partition coefficient (Wildman–Crippen LogP) is 1.72. The van der Waals surface area contributed by atoms with Gasteiger partial charge in [0.1, 0.15) is 0 Å². The van der Waals surface area contributed by atoms with Gasteiger partial charge in [0, 0.05) is 0 Å². The van der Waals surface area contributed by atoms with Crippen molar-refractivity contribution in [2.45, 2.75) is 24.7 Å². The SMILES string of the molecule is COC(=O)C1(c2ccc3oc(=O)[nH]c3c2)CCC1. The van der Waals surface area contributed by atoms with Gasteiger partial charge in [0.05, 0.1) is 18.0 Å². The van der Waals surface area contributed by atoms with E-state index >= 15 is 0 Å². The number of methoxy groups -OCH3 is 1. The highest BCUT2D eigenvalue weighted by atomic mass is 16.5. The molecule has 0 atom stereocenters. The van der Waals surface area contributed by atoms with Gasteiger partial charge in [0.2, 0.25) is 0 Å². The third-order valence-electron chi connectivity index (χ3n) is 3.75. The topological polar surface area (TPSA) is 72.3 Å². The van der Waals surface area contributed by atoms with Gasteiger partial charge in [0.25, 0.3) is 0 Å². The van der Waals surface area contributed by atoms with E-state index in [2.05, 4.69) is 4.98 Å². The van der Waals surface area contributed by atoms with Crippen LogP contribution in [0.2, 0.25) is 0 Å². The number of H-pyrrole nitrogens is 1. The van der Waals surface area contributed by atoms with Crippen molar-refractivity contribution in [3.05, 3.63) is 34.3 Å². The van der Waals surface area contributed by atoms with Gasteiger partial charge in [-0.3, -0.25) is 9.78 Å². The minimum absolute atomic E-state index is 0.209. The second-order valence-electron chi connectivity index (χ2n) is 4.65. The highest BCUT2D eigenvalue weighted by Crippen LogP contribution is 2.45. The van der Waals surface area contributed by atoms with E-state index in [1.807, 2.05) is 6.07 Å². The number of hydrogen-bond donors (Lipinski definition) is 1. The van der Waals surface area contributed by atoms with Gasteiger partial charge in [-0.05, 0) is 30.5 Å². The third-order valence-corrected chi connectivity index (χ3v) is 3.75. The summed E-state index contributed by atoms with van der Waals surface area (Å²) in [5.41, 5.74) is 1.46. The smallest absolute Gasteiger partial charge is 0.417 e. The summed E-state index contributed by atoms with van der Waals surface area (Å²) < 4.78 is 9.84. The number of carbonyl (C=O) groups excluding carboxylic acids is 1. The molecule has 3 rings (SSSR count). The number of nitrogens with one attached hydrogen (secondary N) is 1. The molecule has 1 aliphatic rings. The summed E-state index contributed by atoms with van der Waals surface area (Å²) in [6.45, 7) is 0. The van der Waals surface area contributed by atoms with Crippen molar-refractivity contribution in [3.63, 3.8) is 0 Å².